The van der Waals surface area contributed by atoms with Crippen molar-refractivity contribution in [2.75, 3.05) is 24.5 Å². The Morgan fingerprint density at radius 2 is 1.68 bits per heavy atom. The number of nitrogens with one attached hydrogen (secondary N) is 2. The third-order valence-corrected chi connectivity index (χ3v) is 4.77. The average Bonchev–Trinajstić information content (AvgIpc) is 2.93. The highest BCUT2D eigenvalue weighted by Gasteiger charge is 2.37. The second-order valence-electron chi connectivity index (χ2n) is 7.00. The molecule has 2 aromatic carbocycles. The zero-order chi connectivity index (χ0) is 20.3. The van der Waals surface area contributed by atoms with Crippen LogP contribution in [0.4, 0.5) is 5.69 Å². The predicted octanol–water partition coefficient (Wildman–Crippen LogP) is 2.83. The summed E-state index contributed by atoms with van der Waals surface area (Å²) in [6.45, 7) is 7.94. The van der Waals surface area contributed by atoms with Gasteiger partial charge in [-0.1, -0.05) is 19.1 Å². The third kappa shape index (κ3) is 3.82. The van der Waals surface area contributed by atoms with Gasteiger partial charge in [0.1, 0.15) is 0 Å². The van der Waals surface area contributed by atoms with Crippen molar-refractivity contribution >= 4 is 23.4 Å². The summed E-state index contributed by atoms with van der Waals surface area (Å²) in [6.07, 6.45) is 1.03. The molecule has 0 bridgehead atoms. The number of aryl methyl sites for hydroxylation is 2. The van der Waals surface area contributed by atoms with E-state index in [-0.39, 0.29) is 17.4 Å². The minimum atomic E-state index is -0.395. The summed E-state index contributed by atoms with van der Waals surface area (Å²) in [7, 11) is 0. The number of carbonyl (C=O) groups is 3. The smallest absolute Gasteiger partial charge is 0.266 e. The van der Waals surface area contributed by atoms with Crippen LogP contribution in [0, 0.1) is 13.8 Å². The van der Waals surface area contributed by atoms with Gasteiger partial charge >= 0.3 is 0 Å². The fourth-order valence-corrected chi connectivity index (χ4v) is 3.23. The van der Waals surface area contributed by atoms with E-state index in [1.807, 2.05) is 32.0 Å². The molecule has 3 amide bonds. The Hall–Kier alpha value is -2.99. The highest BCUT2D eigenvalue weighted by molar-refractivity contribution is 6.35. The second-order valence-corrected chi connectivity index (χ2v) is 7.00. The molecule has 0 spiro atoms. The maximum atomic E-state index is 12.9. The van der Waals surface area contributed by atoms with E-state index in [2.05, 4.69) is 17.6 Å². The summed E-state index contributed by atoms with van der Waals surface area (Å²) >= 11 is 0. The topological polar surface area (TPSA) is 78.5 Å². The Labute approximate surface area is 164 Å². The SMILES string of the molecule is CCCNCCNC(=O)c1ccc2c(c1)C(=O)N(c1cc(C)ccc1C)C2=O. The Balaban J connectivity index is 1.80. The number of benzene rings is 2. The van der Waals surface area contributed by atoms with Crippen LogP contribution in [-0.2, 0) is 0 Å². The van der Waals surface area contributed by atoms with Gasteiger partial charge in [0, 0.05) is 18.7 Å². The predicted molar refractivity (Wildman–Crippen MR) is 109 cm³/mol. The molecule has 0 unspecified atom stereocenters. The summed E-state index contributed by atoms with van der Waals surface area (Å²) in [6, 6.07) is 10.3. The summed E-state index contributed by atoms with van der Waals surface area (Å²) < 4.78 is 0. The molecule has 146 valence electrons. The fraction of sp³-hybridized carbons (Fsp3) is 0.318. The number of amides is 3. The van der Waals surface area contributed by atoms with Crippen molar-refractivity contribution in [2.24, 2.45) is 0 Å². The lowest BCUT2D eigenvalue weighted by molar-refractivity contribution is 0.0923. The lowest BCUT2D eigenvalue weighted by Gasteiger charge is -2.17. The zero-order valence-electron chi connectivity index (χ0n) is 16.5. The molecule has 6 heteroatoms. The number of carbonyl (C=O) groups excluding carboxylic acids is 3. The Morgan fingerprint density at radius 3 is 2.43 bits per heavy atom. The lowest BCUT2D eigenvalue weighted by atomic mass is 10.1. The van der Waals surface area contributed by atoms with E-state index in [0.717, 1.165) is 24.1 Å². The van der Waals surface area contributed by atoms with Crippen molar-refractivity contribution in [1.82, 2.24) is 10.6 Å². The number of hydrogen-bond acceptors (Lipinski definition) is 4. The Kier molecular flexibility index (Phi) is 5.90. The van der Waals surface area contributed by atoms with Gasteiger partial charge in [0.15, 0.2) is 0 Å². The maximum Gasteiger partial charge on any atom is 0.266 e. The third-order valence-electron chi connectivity index (χ3n) is 4.77. The van der Waals surface area contributed by atoms with Crippen molar-refractivity contribution in [3.05, 3.63) is 64.2 Å². The molecule has 0 aromatic heterocycles. The molecule has 0 fully saturated rings. The molecule has 0 aliphatic carbocycles. The molecular weight excluding hydrogens is 354 g/mol. The van der Waals surface area contributed by atoms with Crippen LogP contribution >= 0.6 is 0 Å². The number of rotatable bonds is 7. The monoisotopic (exact) mass is 379 g/mol. The first-order valence-corrected chi connectivity index (χ1v) is 9.53. The quantitative estimate of drug-likeness (QED) is 0.573. The molecule has 2 N–H and O–H groups in total. The minimum Gasteiger partial charge on any atom is -0.351 e. The summed E-state index contributed by atoms with van der Waals surface area (Å²) in [5.41, 5.74) is 3.36. The van der Waals surface area contributed by atoms with Gasteiger partial charge in [-0.25, -0.2) is 4.90 Å². The van der Waals surface area contributed by atoms with Crippen LogP contribution in [0.2, 0.25) is 0 Å². The van der Waals surface area contributed by atoms with E-state index in [0.29, 0.717) is 29.9 Å². The van der Waals surface area contributed by atoms with Crippen LogP contribution < -0.4 is 15.5 Å². The van der Waals surface area contributed by atoms with E-state index in [9.17, 15) is 14.4 Å². The molecule has 0 saturated carbocycles. The van der Waals surface area contributed by atoms with Gasteiger partial charge in [-0.05, 0) is 62.2 Å². The van der Waals surface area contributed by atoms with Gasteiger partial charge in [-0.15, -0.1) is 0 Å². The summed E-state index contributed by atoms with van der Waals surface area (Å²) in [5, 5.41) is 6.03. The van der Waals surface area contributed by atoms with Crippen molar-refractivity contribution in [2.45, 2.75) is 27.2 Å². The van der Waals surface area contributed by atoms with E-state index in [1.165, 1.54) is 11.0 Å². The van der Waals surface area contributed by atoms with Crippen LogP contribution in [0.5, 0.6) is 0 Å². The summed E-state index contributed by atoms with van der Waals surface area (Å²) in [4.78, 5) is 39.3. The molecule has 0 atom stereocenters. The highest BCUT2D eigenvalue weighted by atomic mass is 16.2. The number of fused-ring (bicyclic) bond motifs is 1. The molecule has 1 aliphatic heterocycles. The van der Waals surface area contributed by atoms with Gasteiger partial charge in [0.05, 0.1) is 16.8 Å². The van der Waals surface area contributed by atoms with Crippen LogP contribution in [0.1, 0.15) is 55.5 Å². The molecular formula is C22H25N3O3. The van der Waals surface area contributed by atoms with Crippen molar-refractivity contribution in [3.8, 4) is 0 Å². The van der Waals surface area contributed by atoms with Crippen LogP contribution in [0.3, 0.4) is 0 Å². The number of anilines is 1. The molecule has 2 aromatic rings. The van der Waals surface area contributed by atoms with Crippen molar-refractivity contribution in [1.29, 1.82) is 0 Å². The lowest BCUT2D eigenvalue weighted by Crippen LogP contribution is -2.32. The van der Waals surface area contributed by atoms with Gasteiger partial charge in [0.25, 0.3) is 17.7 Å². The van der Waals surface area contributed by atoms with E-state index in [4.69, 9.17) is 0 Å². The first-order chi connectivity index (χ1) is 13.4. The Morgan fingerprint density at radius 1 is 0.929 bits per heavy atom. The molecule has 28 heavy (non-hydrogen) atoms. The molecule has 1 heterocycles. The maximum absolute atomic E-state index is 12.9. The number of imide groups is 1. The molecule has 6 nitrogen and oxygen atoms in total. The van der Waals surface area contributed by atoms with Gasteiger partial charge in [-0.2, -0.15) is 0 Å². The molecule has 1 aliphatic rings. The van der Waals surface area contributed by atoms with Crippen LogP contribution in [0.15, 0.2) is 36.4 Å². The van der Waals surface area contributed by atoms with Crippen molar-refractivity contribution < 1.29 is 14.4 Å². The van der Waals surface area contributed by atoms with Gasteiger partial charge in [-0.3, -0.25) is 14.4 Å². The standard InChI is InChI=1S/C22H25N3O3/c1-4-9-23-10-11-24-20(26)16-7-8-17-18(13-16)22(28)25(21(17)27)19-12-14(2)5-6-15(19)3/h5-8,12-13,23H,4,9-11H2,1-3H3,(H,24,26). The minimum absolute atomic E-state index is 0.258. The Bertz CT molecular complexity index is 937. The number of nitrogens with zero attached hydrogens (tertiary/aromatic N) is 1. The van der Waals surface area contributed by atoms with Gasteiger partial charge < -0.3 is 10.6 Å². The fourth-order valence-electron chi connectivity index (χ4n) is 3.23. The second kappa shape index (κ2) is 8.35. The molecule has 3 rings (SSSR count). The average molecular weight is 379 g/mol. The zero-order valence-corrected chi connectivity index (χ0v) is 16.5. The first-order valence-electron chi connectivity index (χ1n) is 9.53. The van der Waals surface area contributed by atoms with E-state index < -0.39 is 5.91 Å². The highest BCUT2D eigenvalue weighted by Crippen LogP contribution is 2.31. The normalized spacial score (nSPS) is 13.0. The summed E-state index contributed by atoms with van der Waals surface area (Å²) in [5.74, 6) is -1.01. The molecule has 0 radical (unpaired) electrons. The van der Waals surface area contributed by atoms with E-state index >= 15 is 0 Å². The number of hydrogen-bond donors (Lipinski definition) is 2. The van der Waals surface area contributed by atoms with E-state index in [1.54, 1.807) is 12.1 Å². The first kappa shape index (κ1) is 19.8. The van der Waals surface area contributed by atoms with Crippen LogP contribution in [-0.4, -0.2) is 37.4 Å². The van der Waals surface area contributed by atoms with Gasteiger partial charge in [0.2, 0.25) is 0 Å². The van der Waals surface area contributed by atoms with Crippen molar-refractivity contribution in [3.63, 3.8) is 0 Å². The largest absolute Gasteiger partial charge is 0.351 e. The van der Waals surface area contributed by atoms with Crippen LogP contribution in [0.25, 0.3) is 0 Å². The molecule has 0 saturated heterocycles.